The Morgan fingerprint density at radius 1 is 1.32 bits per heavy atom. The van der Waals surface area contributed by atoms with E-state index in [9.17, 15) is 4.79 Å². The van der Waals surface area contributed by atoms with Gasteiger partial charge in [-0.1, -0.05) is 25.7 Å². The number of rotatable bonds is 4. The number of nitrogens with two attached hydrogens (primary N) is 1. The van der Waals surface area contributed by atoms with Crippen molar-refractivity contribution in [2.24, 2.45) is 11.7 Å². The van der Waals surface area contributed by atoms with Gasteiger partial charge in [0.05, 0.1) is 6.54 Å². The van der Waals surface area contributed by atoms with Gasteiger partial charge in [0.25, 0.3) is 5.91 Å². The Morgan fingerprint density at radius 3 is 2.47 bits per heavy atom. The van der Waals surface area contributed by atoms with Crippen molar-refractivity contribution in [3.8, 4) is 11.8 Å². The summed E-state index contributed by atoms with van der Waals surface area (Å²) >= 11 is 0. The van der Waals surface area contributed by atoms with Crippen molar-refractivity contribution in [2.75, 3.05) is 20.1 Å². The Morgan fingerprint density at radius 2 is 1.95 bits per heavy atom. The summed E-state index contributed by atoms with van der Waals surface area (Å²) < 4.78 is 0. The van der Waals surface area contributed by atoms with Crippen LogP contribution in [0, 0.1) is 17.8 Å². The van der Waals surface area contributed by atoms with E-state index in [2.05, 4.69) is 25.7 Å². The summed E-state index contributed by atoms with van der Waals surface area (Å²) in [4.78, 5) is 13.9. The number of hydrogen-bond donors (Lipinski definition) is 1. The van der Waals surface area contributed by atoms with Gasteiger partial charge >= 0.3 is 0 Å². The Bertz CT molecular complexity index is 466. The maximum atomic E-state index is 12.2. The molecule has 0 atom stereocenters. The van der Waals surface area contributed by atoms with Crippen molar-refractivity contribution in [3.63, 3.8) is 0 Å². The Hall–Kier alpha value is -1.79. The fourth-order valence-corrected chi connectivity index (χ4v) is 1.62. The Labute approximate surface area is 115 Å². The molecular formula is C16H22N2O. The SMILES string of the molecule is CC(C)CCN(C)C(=O)c1ccc(C#CCN)cc1. The molecule has 0 aliphatic rings. The smallest absolute Gasteiger partial charge is 0.253 e. The van der Waals surface area contributed by atoms with E-state index in [0.29, 0.717) is 18.0 Å². The topological polar surface area (TPSA) is 46.3 Å². The lowest BCUT2D eigenvalue weighted by atomic mass is 10.1. The van der Waals surface area contributed by atoms with E-state index < -0.39 is 0 Å². The third kappa shape index (κ3) is 5.15. The van der Waals surface area contributed by atoms with Gasteiger partial charge in [0.15, 0.2) is 0 Å². The Balaban J connectivity index is 2.67. The van der Waals surface area contributed by atoms with E-state index >= 15 is 0 Å². The molecule has 1 amide bonds. The highest BCUT2D eigenvalue weighted by Gasteiger charge is 2.11. The van der Waals surface area contributed by atoms with E-state index in [0.717, 1.165) is 18.5 Å². The highest BCUT2D eigenvalue weighted by atomic mass is 16.2. The van der Waals surface area contributed by atoms with E-state index in [1.807, 2.05) is 31.3 Å². The van der Waals surface area contributed by atoms with Gasteiger partial charge in [-0.15, -0.1) is 0 Å². The third-order valence-corrected chi connectivity index (χ3v) is 2.86. The largest absolute Gasteiger partial charge is 0.342 e. The van der Waals surface area contributed by atoms with E-state index in [-0.39, 0.29) is 5.91 Å². The van der Waals surface area contributed by atoms with Crippen LogP contribution in [0.3, 0.4) is 0 Å². The molecule has 0 heterocycles. The summed E-state index contributed by atoms with van der Waals surface area (Å²) in [6.07, 6.45) is 1.02. The van der Waals surface area contributed by atoms with Crippen molar-refractivity contribution in [1.82, 2.24) is 4.90 Å². The molecule has 0 fully saturated rings. The zero-order valence-corrected chi connectivity index (χ0v) is 11.9. The minimum absolute atomic E-state index is 0.0546. The zero-order chi connectivity index (χ0) is 14.3. The Kier molecular flexibility index (Phi) is 6.11. The van der Waals surface area contributed by atoms with Crippen LogP contribution in [0.15, 0.2) is 24.3 Å². The maximum absolute atomic E-state index is 12.2. The molecule has 2 N–H and O–H groups in total. The summed E-state index contributed by atoms with van der Waals surface area (Å²) in [5.41, 5.74) is 6.90. The molecule has 1 aromatic rings. The molecule has 0 bridgehead atoms. The second-order valence-corrected chi connectivity index (χ2v) is 4.99. The lowest BCUT2D eigenvalue weighted by Gasteiger charge is -2.18. The average Bonchev–Trinajstić information content (AvgIpc) is 2.42. The molecule has 3 nitrogen and oxygen atoms in total. The first-order valence-electron chi connectivity index (χ1n) is 6.59. The number of benzene rings is 1. The summed E-state index contributed by atoms with van der Waals surface area (Å²) in [7, 11) is 1.84. The number of nitrogens with zero attached hydrogens (tertiary/aromatic N) is 1. The average molecular weight is 258 g/mol. The van der Waals surface area contributed by atoms with E-state index in [1.165, 1.54) is 0 Å². The van der Waals surface area contributed by atoms with Gasteiger partial charge in [-0.3, -0.25) is 4.79 Å². The number of amides is 1. The van der Waals surface area contributed by atoms with E-state index in [4.69, 9.17) is 5.73 Å². The molecule has 0 saturated heterocycles. The lowest BCUT2D eigenvalue weighted by Crippen LogP contribution is -2.28. The normalized spacial score (nSPS) is 9.95. The molecule has 1 rings (SSSR count). The van der Waals surface area contributed by atoms with Crippen LogP contribution in [-0.4, -0.2) is 30.9 Å². The van der Waals surface area contributed by atoms with Crippen LogP contribution >= 0.6 is 0 Å². The number of carbonyl (C=O) groups excluding carboxylic acids is 1. The second-order valence-electron chi connectivity index (χ2n) is 4.99. The molecule has 19 heavy (non-hydrogen) atoms. The molecule has 0 radical (unpaired) electrons. The molecule has 0 aliphatic heterocycles. The van der Waals surface area contributed by atoms with Gasteiger partial charge in [-0.25, -0.2) is 0 Å². The van der Waals surface area contributed by atoms with Gasteiger partial charge < -0.3 is 10.6 Å². The van der Waals surface area contributed by atoms with Crippen LogP contribution in [0.5, 0.6) is 0 Å². The van der Waals surface area contributed by atoms with Crippen molar-refractivity contribution in [2.45, 2.75) is 20.3 Å². The maximum Gasteiger partial charge on any atom is 0.253 e. The first-order chi connectivity index (χ1) is 9.04. The predicted molar refractivity (Wildman–Crippen MR) is 78.8 cm³/mol. The standard InChI is InChI=1S/C16H22N2O/c1-13(2)10-12-18(3)16(19)15-8-6-14(7-9-15)5-4-11-17/h6-9,13H,10-12,17H2,1-3H3. The van der Waals surface area contributed by atoms with Crippen LogP contribution in [0.4, 0.5) is 0 Å². The highest BCUT2D eigenvalue weighted by Crippen LogP contribution is 2.08. The van der Waals surface area contributed by atoms with Crippen molar-refractivity contribution >= 4 is 5.91 Å². The minimum atomic E-state index is 0.0546. The van der Waals surface area contributed by atoms with Gasteiger partial charge in [0, 0.05) is 24.7 Å². The quantitative estimate of drug-likeness (QED) is 0.841. The molecule has 1 aromatic carbocycles. The summed E-state index contributed by atoms with van der Waals surface area (Å²) in [5.74, 6) is 6.39. The summed E-state index contributed by atoms with van der Waals surface area (Å²) in [5, 5.41) is 0. The molecule has 0 unspecified atom stereocenters. The fourth-order valence-electron chi connectivity index (χ4n) is 1.62. The molecule has 3 heteroatoms. The first-order valence-corrected chi connectivity index (χ1v) is 6.59. The summed E-state index contributed by atoms with van der Waals surface area (Å²) in [6.45, 7) is 5.44. The molecule has 0 aliphatic carbocycles. The molecule has 102 valence electrons. The predicted octanol–water partition coefficient (Wildman–Crippen LogP) is 2.11. The van der Waals surface area contributed by atoms with Crippen LogP contribution in [0.1, 0.15) is 36.2 Å². The monoisotopic (exact) mass is 258 g/mol. The lowest BCUT2D eigenvalue weighted by molar-refractivity contribution is 0.0789. The highest BCUT2D eigenvalue weighted by molar-refractivity contribution is 5.94. The van der Waals surface area contributed by atoms with Gasteiger partial charge in [0.1, 0.15) is 0 Å². The van der Waals surface area contributed by atoms with Gasteiger partial charge in [0.2, 0.25) is 0 Å². The summed E-state index contributed by atoms with van der Waals surface area (Å²) in [6, 6.07) is 7.34. The van der Waals surface area contributed by atoms with E-state index in [1.54, 1.807) is 4.90 Å². The minimum Gasteiger partial charge on any atom is -0.342 e. The molecule has 0 spiro atoms. The fraction of sp³-hybridized carbons (Fsp3) is 0.438. The van der Waals surface area contributed by atoms with Crippen LogP contribution in [-0.2, 0) is 0 Å². The van der Waals surface area contributed by atoms with Crippen molar-refractivity contribution in [3.05, 3.63) is 35.4 Å². The number of carbonyl (C=O) groups is 1. The van der Waals surface area contributed by atoms with Gasteiger partial charge in [-0.2, -0.15) is 0 Å². The first kappa shape index (κ1) is 15.3. The molecule has 0 aromatic heterocycles. The van der Waals surface area contributed by atoms with Crippen LogP contribution in [0.25, 0.3) is 0 Å². The van der Waals surface area contributed by atoms with Gasteiger partial charge in [-0.05, 0) is 36.6 Å². The van der Waals surface area contributed by atoms with Crippen molar-refractivity contribution < 1.29 is 4.79 Å². The molecule has 0 saturated carbocycles. The van der Waals surface area contributed by atoms with Crippen LogP contribution < -0.4 is 5.73 Å². The number of hydrogen-bond acceptors (Lipinski definition) is 2. The third-order valence-electron chi connectivity index (χ3n) is 2.86. The molecular weight excluding hydrogens is 236 g/mol. The van der Waals surface area contributed by atoms with Crippen LogP contribution in [0.2, 0.25) is 0 Å². The second kappa shape index (κ2) is 7.60. The zero-order valence-electron chi connectivity index (χ0n) is 11.9. The van der Waals surface area contributed by atoms with Crippen molar-refractivity contribution in [1.29, 1.82) is 0 Å².